The van der Waals surface area contributed by atoms with E-state index in [0.717, 1.165) is 0 Å². The lowest BCUT2D eigenvalue weighted by Crippen LogP contribution is -2.13. The molecule has 0 fully saturated rings. The van der Waals surface area contributed by atoms with Crippen LogP contribution in [0.3, 0.4) is 0 Å². The number of hydrogen-bond acceptors (Lipinski definition) is 2. The van der Waals surface area contributed by atoms with Crippen LogP contribution in [0.5, 0.6) is 0 Å². The Morgan fingerprint density at radius 3 is 2.38 bits per heavy atom. The van der Waals surface area contributed by atoms with Gasteiger partial charge in [0, 0.05) is 0 Å². The maximum absolute atomic E-state index is 8.90. The standard InChI is InChI=1S/C6H11NO/c1-3-6(8)5(2)4-7/h5-6,8H,3H2,1-2H3/t5-,6-/m0/s1. The smallest absolute Gasteiger partial charge is 0.0694 e. The number of rotatable bonds is 2. The minimum Gasteiger partial charge on any atom is -0.392 e. The highest BCUT2D eigenvalue weighted by Crippen LogP contribution is 2.03. The molecule has 0 aromatic carbocycles. The van der Waals surface area contributed by atoms with Crippen molar-refractivity contribution in [2.75, 3.05) is 0 Å². The number of aliphatic hydroxyl groups is 1. The summed E-state index contributed by atoms with van der Waals surface area (Å²) in [6.45, 7) is 3.58. The van der Waals surface area contributed by atoms with E-state index in [1.54, 1.807) is 6.92 Å². The Labute approximate surface area is 49.8 Å². The zero-order chi connectivity index (χ0) is 6.57. The molecule has 0 saturated heterocycles. The van der Waals surface area contributed by atoms with Crippen LogP contribution >= 0.6 is 0 Å². The second-order valence-electron chi connectivity index (χ2n) is 1.89. The van der Waals surface area contributed by atoms with Crippen molar-refractivity contribution in [3.05, 3.63) is 0 Å². The third-order valence-electron chi connectivity index (χ3n) is 1.20. The van der Waals surface area contributed by atoms with Gasteiger partial charge in [0.25, 0.3) is 0 Å². The van der Waals surface area contributed by atoms with Gasteiger partial charge in [0.15, 0.2) is 0 Å². The number of nitrogens with zero attached hydrogens (tertiary/aromatic N) is 1. The SMILES string of the molecule is CC[C@H](O)[C@@H](C)C#N. The first-order valence-corrected chi connectivity index (χ1v) is 2.80. The monoisotopic (exact) mass is 113 g/mol. The van der Waals surface area contributed by atoms with Crippen LogP contribution < -0.4 is 0 Å². The first kappa shape index (κ1) is 7.45. The molecule has 2 atom stereocenters. The molecule has 0 aliphatic heterocycles. The molecule has 0 spiro atoms. The van der Waals surface area contributed by atoms with E-state index in [2.05, 4.69) is 0 Å². The number of aliphatic hydroxyl groups excluding tert-OH is 1. The Balaban J connectivity index is 3.49. The van der Waals surface area contributed by atoms with E-state index in [0.29, 0.717) is 6.42 Å². The molecular formula is C6H11NO. The Morgan fingerprint density at radius 2 is 2.25 bits per heavy atom. The van der Waals surface area contributed by atoms with Crippen LogP contribution in [-0.4, -0.2) is 11.2 Å². The van der Waals surface area contributed by atoms with E-state index in [1.165, 1.54) is 0 Å². The normalized spacial score (nSPS) is 16.8. The minimum atomic E-state index is -0.444. The van der Waals surface area contributed by atoms with E-state index in [1.807, 2.05) is 13.0 Å². The maximum Gasteiger partial charge on any atom is 0.0694 e. The van der Waals surface area contributed by atoms with E-state index in [9.17, 15) is 0 Å². The lowest BCUT2D eigenvalue weighted by Gasteiger charge is -2.06. The van der Waals surface area contributed by atoms with Crippen molar-refractivity contribution in [2.45, 2.75) is 26.4 Å². The zero-order valence-corrected chi connectivity index (χ0v) is 5.26. The molecule has 0 aliphatic rings. The summed E-state index contributed by atoms with van der Waals surface area (Å²) in [6.07, 6.45) is 0.217. The van der Waals surface area contributed by atoms with Crippen LogP contribution in [0.25, 0.3) is 0 Å². The van der Waals surface area contributed by atoms with Gasteiger partial charge in [-0.1, -0.05) is 6.92 Å². The fourth-order valence-electron chi connectivity index (χ4n) is 0.440. The molecule has 0 bridgehead atoms. The van der Waals surface area contributed by atoms with Crippen LogP contribution in [0.15, 0.2) is 0 Å². The second kappa shape index (κ2) is 3.45. The average Bonchev–Trinajstić information content (AvgIpc) is 1.84. The van der Waals surface area contributed by atoms with Gasteiger partial charge in [-0.25, -0.2) is 0 Å². The Kier molecular flexibility index (Phi) is 3.21. The van der Waals surface area contributed by atoms with Gasteiger partial charge in [-0.05, 0) is 13.3 Å². The van der Waals surface area contributed by atoms with E-state index >= 15 is 0 Å². The lowest BCUT2D eigenvalue weighted by atomic mass is 10.1. The minimum absolute atomic E-state index is 0.222. The number of nitriles is 1. The largest absolute Gasteiger partial charge is 0.392 e. The highest BCUT2D eigenvalue weighted by molar-refractivity contribution is 4.83. The van der Waals surface area contributed by atoms with Crippen LogP contribution in [0.2, 0.25) is 0 Å². The summed E-state index contributed by atoms with van der Waals surface area (Å²) in [5, 5.41) is 17.1. The summed E-state index contributed by atoms with van der Waals surface area (Å²) < 4.78 is 0. The molecule has 2 nitrogen and oxygen atoms in total. The molecule has 0 rings (SSSR count). The summed E-state index contributed by atoms with van der Waals surface area (Å²) in [5.74, 6) is -0.222. The van der Waals surface area contributed by atoms with Crippen molar-refractivity contribution >= 4 is 0 Å². The molecule has 1 N–H and O–H groups in total. The van der Waals surface area contributed by atoms with Crippen LogP contribution in [0, 0.1) is 17.2 Å². The van der Waals surface area contributed by atoms with Gasteiger partial charge in [0.1, 0.15) is 0 Å². The van der Waals surface area contributed by atoms with Crippen molar-refractivity contribution in [1.29, 1.82) is 5.26 Å². The fourth-order valence-corrected chi connectivity index (χ4v) is 0.440. The highest BCUT2D eigenvalue weighted by Gasteiger charge is 2.08. The third-order valence-corrected chi connectivity index (χ3v) is 1.20. The van der Waals surface area contributed by atoms with Crippen molar-refractivity contribution in [2.24, 2.45) is 5.92 Å². The van der Waals surface area contributed by atoms with Gasteiger partial charge in [-0.3, -0.25) is 0 Å². The average molecular weight is 113 g/mol. The quantitative estimate of drug-likeness (QED) is 0.578. The fraction of sp³-hybridized carbons (Fsp3) is 0.833. The van der Waals surface area contributed by atoms with Crippen molar-refractivity contribution in [1.82, 2.24) is 0 Å². The van der Waals surface area contributed by atoms with E-state index < -0.39 is 6.10 Å². The topological polar surface area (TPSA) is 44.0 Å². The first-order chi connectivity index (χ1) is 3.72. The number of hydrogen-bond donors (Lipinski definition) is 1. The van der Waals surface area contributed by atoms with Crippen LogP contribution in [-0.2, 0) is 0 Å². The maximum atomic E-state index is 8.90. The Hall–Kier alpha value is -0.550. The molecule has 8 heavy (non-hydrogen) atoms. The van der Waals surface area contributed by atoms with Gasteiger partial charge in [0.05, 0.1) is 18.1 Å². The zero-order valence-electron chi connectivity index (χ0n) is 5.26. The van der Waals surface area contributed by atoms with E-state index in [-0.39, 0.29) is 5.92 Å². The molecule has 0 radical (unpaired) electrons. The summed E-state index contributed by atoms with van der Waals surface area (Å²) in [4.78, 5) is 0. The summed E-state index contributed by atoms with van der Waals surface area (Å²) in [6, 6.07) is 1.97. The summed E-state index contributed by atoms with van der Waals surface area (Å²) in [5.41, 5.74) is 0. The van der Waals surface area contributed by atoms with E-state index in [4.69, 9.17) is 10.4 Å². The lowest BCUT2D eigenvalue weighted by molar-refractivity contribution is 0.136. The summed E-state index contributed by atoms with van der Waals surface area (Å²) >= 11 is 0. The van der Waals surface area contributed by atoms with Gasteiger partial charge in [-0.15, -0.1) is 0 Å². The molecular weight excluding hydrogens is 102 g/mol. The van der Waals surface area contributed by atoms with Gasteiger partial charge >= 0.3 is 0 Å². The molecule has 0 aromatic rings. The predicted molar refractivity (Wildman–Crippen MR) is 31.1 cm³/mol. The summed E-state index contributed by atoms with van der Waals surface area (Å²) in [7, 11) is 0. The Morgan fingerprint density at radius 1 is 1.75 bits per heavy atom. The van der Waals surface area contributed by atoms with Gasteiger partial charge in [0.2, 0.25) is 0 Å². The first-order valence-electron chi connectivity index (χ1n) is 2.80. The molecule has 2 heteroatoms. The molecule has 0 amide bonds. The van der Waals surface area contributed by atoms with Crippen molar-refractivity contribution < 1.29 is 5.11 Å². The van der Waals surface area contributed by atoms with Crippen LogP contribution in [0.1, 0.15) is 20.3 Å². The predicted octanol–water partition coefficient (Wildman–Crippen LogP) is 0.917. The third kappa shape index (κ3) is 1.94. The Bertz CT molecular complexity index is 95.2. The highest BCUT2D eigenvalue weighted by atomic mass is 16.3. The molecule has 0 saturated carbocycles. The van der Waals surface area contributed by atoms with Crippen molar-refractivity contribution in [3.8, 4) is 6.07 Å². The second-order valence-corrected chi connectivity index (χ2v) is 1.89. The van der Waals surface area contributed by atoms with Crippen LogP contribution in [0.4, 0.5) is 0 Å². The molecule has 46 valence electrons. The molecule has 0 unspecified atom stereocenters. The molecule has 0 aliphatic carbocycles. The van der Waals surface area contributed by atoms with Gasteiger partial charge in [-0.2, -0.15) is 5.26 Å². The molecule has 0 heterocycles. The van der Waals surface area contributed by atoms with Gasteiger partial charge < -0.3 is 5.11 Å². The van der Waals surface area contributed by atoms with Crippen molar-refractivity contribution in [3.63, 3.8) is 0 Å². The molecule has 0 aromatic heterocycles.